The minimum Gasteiger partial charge on any atom is -0.361 e. The number of amidine groups is 1. The highest BCUT2D eigenvalue weighted by atomic mass is 32.2. The fourth-order valence-electron chi connectivity index (χ4n) is 1.18. The molecule has 0 spiro atoms. The van der Waals surface area contributed by atoms with Crippen LogP contribution in [-0.2, 0) is 6.54 Å². The van der Waals surface area contributed by atoms with E-state index in [9.17, 15) is 0 Å². The normalized spacial score (nSPS) is 9.40. The van der Waals surface area contributed by atoms with Gasteiger partial charge in [0.1, 0.15) is 0 Å². The van der Waals surface area contributed by atoms with Crippen molar-refractivity contribution in [3.63, 3.8) is 0 Å². The molecule has 1 aromatic rings. The second kappa shape index (κ2) is 5.42. The third-order valence-electron chi connectivity index (χ3n) is 2.12. The van der Waals surface area contributed by atoms with Gasteiger partial charge in [-0.1, -0.05) is 17.8 Å². The summed E-state index contributed by atoms with van der Waals surface area (Å²) in [6.07, 6.45) is 1.86. The van der Waals surface area contributed by atoms with E-state index in [2.05, 4.69) is 11.4 Å². The van der Waals surface area contributed by atoms with Crippen molar-refractivity contribution in [1.29, 1.82) is 10.7 Å². The third-order valence-corrected chi connectivity index (χ3v) is 2.67. The molecular formula is C11H13N3S. The lowest BCUT2D eigenvalue weighted by atomic mass is 10.1. The molecule has 1 rings (SSSR count). The molecule has 0 aliphatic carbocycles. The third kappa shape index (κ3) is 3.30. The van der Waals surface area contributed by atoms with Gasteiger partial charge < -0.3 is 5.32 Å². The van der Waals surface area contributed by atoms with E-state index in [-0.39, 0.29) is 0 Å². The Hall–Kier alpha value is -1.47. The molecule has 2 N–H and O–H groups in total. The number of nitrogens with one attached hydrogen (secondary N) is 2. The highest BCUT2D eigenvalue weighted by Gasteiger charge is 2.01. The molecule has 0 aliphatic heterocycles. The van der Waals surface area contributed by atoms with Crippen molar-refractivity contribution in [2.45, 2.75) is 13.5 Å². The molecule has 0 saturated heterocycles. The van der Waals surface area contributed by atoms with Crippen LogP contribution in [0.5, 0.6) is 0 Å². The zero-order valence-corrected chi connectivity index (χ0v) is 9.61. The molecule has 3 nitrogen and oxygen atoms in total. The van der Waals surface area contributed by atoms with Crippen LogP contribution in [0.2, 0.25) is 0 Å². The molecule has 1 aromatic carbocycles. The van der Waals surface area contributed by atoms with Gasteiger partial charge in [0.25, 0.3) is 0 Å². The number of rotatable bonds is 2. The molecule has 0 atom stereocenters. The van der Waals surface area contributed by atoms with E-state index in [1.807, 2.05) is 25.3 Å². The lowest BCUT2D eigenvalue weighted by Crippen LogP contribution is -2.18. The van der Waals surface area contributed by atoms with Crippen molar-refractivity contribution in [1.82, 2.24) is 5.32 Å². The van der Waals surface area contributed by atoms with Gasteiger partial charge in [-0.05, 0) is 36.4 Å². The Morgan fingerprint density at radius 1 is 1.60 bits per heavy atom. The van der Waals surface area contributed by atoms with E-state index < -0.39 is 0 Å². The van der Waals surface area contributed by atoms with E-state index in [0.29, 0.717) is 17.3 Å². The van der Waals surface area contributed by atoms with Gasteiger partial charge >= 0.3 is 0 Å². The van der Waals surface area contributed by atoms with Crippen LogP contribution in [0, 0.1) is 23.7 Å². The molecule has 0 fully saturated rings. The van der Waals surface area contributed by atoms with Gasteiger partial charge in [-0.15, -0.1) is 0 Å². The van der Waals surface area contributed by atoms with Crippen LogP contribution < -0.4 is 5.32 Å². The summed E-state index contributed by atoms with van der Waals surface area (Å²) in [6, 6.07) is 7.70. The van der Waals surface area contributed by atoms with Crippen LogP contribution in [0.15, 0.2) is 18.2 Å². The number of hydrogen-bond acceptors (Lipinski definition) is 3. The summed E-state index contributed by atoms with van der Waals surface area (Å²) >= 11 is 1.37. The highest BCUT2D eigenvalue weighted by molar-refractivity contribution is 8.13. The minimum absolute atomic E-state index is 0.441. The molecule has 0 aromatic heterocycles. The van der Waals surface area contributed by atoms with Crippen LogP contribution in [-0.4, -0.2) is 11.4 Å². The Morgan fingerprint density at radius 2 is 2.33 bits per heavy atom. The van der Waals surface area contributed by atoms with E-state index in [1.165, 1.54) is 11.8 Å². The first-order valence-electron chi connectivity index (χ1n) is 4.53. The summed E-state index contributed by atoms with van der Waals surface area (Å²) in [5.74, 6) is 0. The van der Waals surface area contributed by atoms with Crippen molar-refractivity contribution in [2.75, 3.05) is 6.26 Å². The van der Waals surface area contributed by atoms with Crippen LogP contribution >= 0.6 is 11.8 Å². The molecule has 78 valence electrons. The standard InChI is InChI=1S/C11H13N3S/c1-8-3-4-9(6-12)5-10(8)7-14-11(13)15-2/h3-5H,7H2,1-2H3,(H2,13,14). The van der Waals surface area contributed by atoms with Crippen LogP contribution in [0.4, 0.5) is 0 Å². The Labute approximate surface area is 94.0 Å². The lowest BCUT2D eigenvalue weighted by Gasteiger charge is -2.08. The minimum atomic E-state index is 0.441. The molecule has 0 saturated carbocycles. The maximum absolute atomic E-state index is 8.76. The first-order valence-corrected chi connectivity index (χ1v) is 5.76. The number of nitrogens with zero attached hydrogens (tertiary/aromatic N) is 1. The Morgan fingerprint density at radius 3 is 2.93 bits per heavy atom. The number of nitriles is 1. The van der Waals surface area contributed by atoms with Crippen LogP contribution in [0.25, 0.3) is 0 Å². The monoisotopic (exact) mass is 219 g/mol. The van der Waals surface area contributed by atoms with E-state index in [0.717, 1.165) is 11.1 Å². The zero-order chi connectivity index (χ0) is 11.3. The topological polar surface area (TPSA) is 59.7 Å². The average molecular weight is 219 g/mol. The molecule has 0 bridgehead atoms. The molecule has 0 aliphatic rings. The van der Waals surface area contributed by atoms with Crippen LogP contribution in [0.1, 0.15) is 16.7 Å². The van der Waals surface area contributed by atoms with Gasteiger partial charge in [-0.2, -0.15) is 5.26 Å². The number of benzene rings is 1. The molecule has 0 radical (unpaired) electrons. The number of thioether (sulfide) groups is 1. The predicted molar refractivity (Wildman–Crippen MR) is 64.0 cm³/mol. The van der Waals surface area contributed by atoms with E-state index in [1.54, 1.807) is 6.07 Å². The van der Waals surface area contributed by atoms with Gasteiger partial charge in [0.2, 0.25) is 0 Å². The molecule has 15 heavy (non-hydrogen) atoms. The van der Waals surface area contributed by atoms with Crippen molar-refractivity contribution in [3.05, 3.63) is 34.9 Å². The van der Waals surface area contributed by atoms with Gasteiger partial charge in [-0.3, -0.25) is 5.41 Å². The number of aryl methyl sites for hydroxylation is 1. The summed E-state index contributed by atoms with van der Waals surface area (Å²) in [6.45, 7) is 2.60. The predicted octanol–water partition coefficient (Wildman–Crippen LogP) is 2.25. The first kappa shape index (κ1) is 11.6. The fraction of sp³-hybridized carbons (Fsp3) is 0.273. The quantitative estimate of drug-likeness (QED) is 0.592. The summed E-state index contributed by atoms with van der Waals surface area (Å²) in [5.41, 5.74) is 2.86. The number of hydrogen-bond donors (Lipinski definition) is 2. The van der Waals surface area contributed by atoms with Gasteiger partial charge in [0.15, 0.2) is 5.17 Å². The first-order chi connectivity index (χ1) is 7.17. The SMILES string of the molecule is CSC(=N)NCc1cc(C#N)ccc1C. The fourth-order valence-corrected chi connectivity index (χ4v) is 1.40. The second-order valence-corrected chi connectivity index (χ2v) is 3.96. The molecule has 4 heteroatoms. The van der Waals surface area contributed by atoms with Gasteiger partial charge in [0.05, 0.1) is 11.6 Å². The van der Waals surface area contributed by atoms with Crippen molar-refractivity contribution < 1.29 is 0 Å². The molecule has 0 amide bonds. The Bertz CT molecular complexity index is 407. The molecule has 0 heterocycles. The van der Waals surface area contributed by atoms with Crippen molar-refractivity contribution in [3.8, 4) is 6.07 Å². The van der Waals surface area contributed by atoms with E-state index >= 15 is 0 Å². The van der Waals surface area contributed by atoms with Crippen LogP contribution in [0.3, 0.4) is 0 Å². The van der Waals surface area contributed by atoms with Crippen molar-refractivity contribution >= 4 is 16.9 Å². The maximum atomic E-state index is 8.76. The summed E-state index contributed by atoms with van der Waals surface area (Å²) < 4.78 is 0. The Kier molecular flexibility index (Phi) is 4.19. The lowest BCUT2D eigenvalue weighted by molar-refractivity contribution is 0.912. The van der Waals surface area contributed by atoms with E-state index in [4.69, 9.17) is 10.7 Å². The van der Waals surface area contributed by atoms with Gasteiger partial charge in [-0.25, -0.2) is 0 Å². The smallest absolute Gasteiger partial charge is 0.153 e. The average Bonchev–Trinajstić information content (AvgIpc) is 2.27. The summed E-state index contributed by atoms with van der Waals surface area (Å²) in [5, 5.41) is 19.6. The zero-order valence-electron chi connectivity index (χ0n) is 8.79. The molecular weight excluding hydrogens is 206 g/mol. The molecule has 0 unspecified atom stereocenters. The second-order valence-electron chi connectivity index (χ2n) is 3.14. The Balaban J connectivity index is 2.76. The summed E-state index contributed by atoms with van der Waals surface area (Å²) in [7, 11) is 0. The maximum Gasteiger partial charge on any atom is 0.153 e. The largest absolute Gasteiger partial charge is 0.361 e. The highest BCUT2D eigenvalue weighted by Crippen LogP contribution is 2.10. The summed E-state index contributed by atoms with van der Waals surface area (Å²) in [4.78, 5) is 0. The van der Waals surface area contributed by atoms with Gasteiger partial charge in [0, 0.05) is 6.54 Å². The van der Waals surface area contributed by atoms with Crippen molar-refractivity contribution in [2.24, 2.45) is 0 Å².